The molecule has 1 aromatic carbocycles. The van der Waals surface area contributed by atoms with Crippen molar-refractivity contribution in [3.05, 3.63) is 65.4 Å². The lowest BCUT2D eigenvalue weighted by molar-refractivity contribution is 0.0920. The van der Waals surface area contributed by atoms with Gasteiger partial charge in [0.1, 0.15) is 23.9 Å². The van der Waals surface area contributed by atoms with E-state index in [0.29, 0.717) is 18.1 Å². The number of hydrogen-bond donors (Lipinski definition) is 1. The van der Waals surface area contributed by atoms with Crippen molar-refractivity contribution in [2.75, 3.05) is 13.7 Å². The minimum absolute atomic E-state index is 0.232. The number of ether oxygens (including phenoxy) is 2. The second-order valence-electron chi connectivity index (χ2n) is 6.49. The van der Waals surface area contributed by atoms with E-state index in [1.54, 1.807) is 19.2 Å². The Morgan fingerprint density at radius 1 is 1.14 bits per heavy atom. The molecule has 2 heterocycles. The van der Waals surface area contributed by atoms with Gasteiger partial charge < -0.3 is 19.2 Å². The molecule has 0 saturated carbocycles. The van der Waals surface area contributed by atoms with E-state index in [1.165, 1.54) is 0 Å². The summed E-state index contributed by atoms with van der Waals surface area (Å²) in [4.78, 5) is 12.2. The highest BCUT2D eigenvalue weighted by Crippen LogP contribution is 2.19. The topological polar surface area (TPSA) is 78.5 Å². The number of nitrogens with one attached hydrogen (secondary N) is 1. The SMILES string of the molecule is COc1ccc(OCc2ccc(C(=O)NCCCn3nc(C)cc3C)o2)cc1. The lowest BCUT2D eigenvalue weighted by atomic mass is 10.3. The average molecular weight is 383 g/mol. The van der Waals surface area contributed by atoms with Gasteiger partial charge in [-0.15, -0.1) is 0 Å². The summed E-state index contributed by atoms with van der Waals surface area (Å²) in [6.45, 7) is 5.56. The predicted molar refractivity (Wildman–Crippen MR) is 105 cm³/mol. The minimum Gasteiger partial charge on any atom is -0.497 e. The van der Waals surface area contributed by atoms with Crippen molar-refractivity contribution in [3.63, 3.8) is 0 Å². The van der Waals surface area contributed by atoms with E-state index in [2.05, 4.69) is 10.4 Å². The van der Waals surface area contributed by atoms with Gasteiger partial charge in [0, 0.05) is 18.8 Å². The maximum absolute atomic E-state index is 12.2. The van der Waals surface area contributed by atoms with Gasteiger partial charge in [-0.05, 0) is 62.7 Å². The molecule has 2 aromatic heterocycles. The molecule has 0 radical (unpaired) electrons. The van der Waals surface area contributed by atoms with Gasteiger partial charge in [0.2, 0.25) is 0 Å². The van der Waals surface area contributed by atoms with Crippen molar-refractivity contribution in [2.24, 2.45) is 0 Å². The Bertz CT molecular complexity index is 912. The smallest absolute Gasteiger partial charge is 0.286 e. The van der Waals surface area contributed by atoms with Crippen LogP contribution in [-0.4, -0.2) is 29.3 Å². The van der Waals surface area contributed by atoms with E-state index in [-0.39, 0.29) is 18.3 Å². The molecule has 28 heavy (non-hydrogen) atoms. The zero-order valence-corrected chi connectivity index (χ0v) is 16.4. The molecule has 0 aliphatic rings. The number of hydrogen-bond acceptors (Lipinski definition) is 5. The van der Waals surface area contributed by atoms with Crippen LogP contribution in [0.3, 0.4) is 0 Å². The lowest BCUT2D eigenvalue weighted by Crippen LogP contribution is -2.25. The first-order valence-corrected chi connectivity index (χ1v) is 9.20. The van der Waals surface area contributed by atoms with E-state index in [1.807, 2.05) is 48.9 Å². The molecule has 0 spiro atoms. The highest BCUT2D eigenvalue weighted by atomic mass is 16.5. The molecule has 0 unspecified atom stereocenters. The first-order chi connectivity index (χ1) is 13.5. The summed E-state index contributed by atoms with van der Waals surface area (Å²) in [5.74, 6) is 2.10. The van der Waals surface area contributed by atoms with Gasteiger partial charge in [-0.1, -0.05) is 0 Å². The van der Waals surface area contributed by atoms with Crippen molar-refractivity contribution in [3.8, 4) is 11.5 Å². The third-order valence-electron chi connectivity index (χ3n) is 4.26. The summed E-state index contributed by atoms with van der Waals surface area (Å²) < 4.78 is 18.3. The minimum atomic E-state index is -0.232. The first-order valence-electron chi connectivity index (χ1n) is 9.20. The van der Waals surface area contributed by atoms with Crippen LogP contribution in [0, 0.1) is 13.8 Å². The summed E-state index contributed by atoms with van der Waals surface area (Å²) in [6.07, 6.45) is 0.793. The number of rotatable bonds is 9. The summed E-state index contributed by atoms with van der Waals surface area (Å²) in [5.41, 5.74) is 2.12. The Balaban J connectivity index is 1.42. The van der Waals surface area contributed by atoms with Gasteiger partial charge in [-0.25, -0.2) is 0 Å². The van der Waals surface area contributed by atoms with Crippen LogP contribution < -0.4 is 14.8 Å². The number of carbonyl (C=O) groups is 1. The zero-order valence-electron chi connectivity index (χ0n) is 16.4. The summed E-state index contributed by atoms with van der Waals surface area (Å²) in [6, 6.07) is 12.7. The molecule has 0 fully saturated rings. The monoisotopic (exact) mass is 383 g/mol. The standard InChI is InChI=1S/C21H25N3O4/c1-15-13-16(2)24(23-15)12-4-11-22-21(25)20-10-9-19(28-20)14-27-18-7-5-17(26-3)6-8-18/h5-10,13H,4,11-12,14H2,1-3H3,(H,22,25). The molecule has 0 aliphatic heterocycles. The Hall–Kier alpha value is -3.22. The van der Waals surface area contributed by atoms with Crippen molar-refractivity contribution < 1.29 is 18.7 Å². The van der Waals surface area contributed by atoms with Crippen molar-refractivity contribution in [1.29, 1.82) is 0 Å². The number of aromatic nitrogens is 2. The van der Waals surface area contributed by atoms with Crippen LogP contribution in [0.15, 0.2) is 46.9 Å². The molecule has 0 aliphatic carbocycles. The van der Waals surface area contributed by atoms with Crippen molar-refractivity contribution >= 4 is 5.91 Å². The van der Waals surface area contributed by atoms with Crippen LogP contribution in [0.2, 0.25) is 0 Å². The maximum Gasteiger partial charge on any atom is 0.286 e. The Morgan fingerprint density at radius 2 is 1.89 bits per heavy atom. The summed E-state index contributed by atoms with van der Waals surface area (Å²) >= 11 is 0. The molecule has 7 heteroatoms. The quantitative estimate of drug-likeness (QED) is 0.572. The molecular formula is C21H25N3O4. The van der Waals surface area contributed by atoms with Crippen LogP contribution >= 0.6 is 0 Å². The Kier molecular flexibility index (Phi) is 6.37. The van der Waals surface area contributed by atoms with E-state index in [9.17, 15) is 4.79 Å². The number of furan rings is 1. The van der Waals surface area contributed by atoms with Gasteiger partial charge in [-0.3, -0.25) is 9.48 Å². The van der Waals surface area contributed by atoms with Crippen LogP contribution in [0.1, 0.15) is 34.1 Å². The molecule has 3 rings (SSSR count). The van der Waals surface area contributed by atoms with E-state index in [0.717, 1.165) is 30.1 Å². The molecule has 1 N–H and O–H groups in total. The molecule has 0 saturated heterocycles. The van der Waals surface area contributed by atoms with Crippen molar-refractivity contribution in [1.82, 2.24) is 15.1 Å². The number of amides is 1. The van der Waals surface area contributed by atoms with E-state index >= 15 is 0 Å². The second kappa shape index (κ2) is 9.12. The van der Waals surface area contributed by atoms with Crippen LogP contribution in [-0.2, 0) is 13.2 Å². The second-order valence-corrected chi connectivity index (χ2v) is 6.49. The lowest BCUT2D eigenvalue weighted by Gasteiger charge is -2.06. The normalized spacial score (nSPS) is 10.7. The molecule has 3 aromatic rings. The van der Waals surface area contributed by atoms with Gasteiger partial charge in [0.05, 0.1) is 12.8 Å². The van der Waals surface area contributed by atoms with Crippen LogP contribution in [0.25, 0.3) is 0 Å². The Morgan fingerprint density at radius 3 is 2.57 bits per heavy atom. The van der Waals surface area contributed by atoms with Gasteiger partial charge in [-0.2, -0.15) is 5.10 Å². The fourth-order valence-corrected chi connectivity index (χ4v) is 2.82. The fourth-order valence-electron chi connectivity index (χ4n) is 2.82. The van der Waals surface area contributed by atoms with E-state index in [4.69, 9.17) is 13.9 Å². The van der Waals surface area contributed by atoms with Crippen LogP contribution in [0.4, 0.5) is 0 Å². The van der Waals surface area contributed by atoms with Gasteiger partial charge in [0.15, 0.2) is 5.76 Å². The highest BCUT2D eigenvalue weighted by molar-refractivity contribution is 5.91. The van der Waals surface area contributed by atoms with Crippen LogP contribution in [0.5, 0.6) is 11.5 Å². The maximum atomic E-state index is 12.2. The third-order valence-corrected chi connectivity index (χ3v) is 4.26. The first kappa shape index (κ1) is 19.5. The average Bonchev–Trinajstić information content (AvgIpc) is 3.30. The largest absolute Gasteiger partial charge is 0.497 e. The molecule has 148 valence electrons. The third kappa shape index (κ3) is 5.16. The van der Waals surface area contributed by atoms with E-state index < -0.39 is 0 Å². The number of benzene rings is 1. The Labute approximate surface area is 164 Å². The molecule has 0 atom stereocenters. The number of aryl methyl sites for hydroxylation is 3. The van der Waals surface area contributed by atoms with Gasteiger partial charge in [0.25, 0.3) is 5.91 Å². The predicted octanol–water partition coefficient (Wildman–Crippen LogP) is 3.50. The summed E-state index contributed by atoms with van der Waals surface area (Å²) in [7, 11) is 1.62. The van der Waals surface area contributed by atoms with Gasteiger partial charge >= 0.3 is 0 Å². The number of nitrogens with zero attached hydrogens (tertiary/aromatic N) is 2. The number of methoxy groups -OCH3 is 1. The molecule has 1 amide bonds. The summed E-state index contributed by atoms with van der Waals surface area (Å²) in [5, 5.41) is 7.27. The zero-order chi connectivity index (χ0) is 19.9. The number of carbonyl (C=O) groups excluding carboxylic acids is 1. The molecule has 0 bridgehead atoms. The molecular weight excluding hydrogens is 358 g/mol. The van der Waals surface area contributed by atoms with Crippen molar-refractivity contribution in [2.45, 2.75) is 33.4 Å². The fraction of sp³-hybridized carbons (Fsp3) is 0.333. The highest BCUT2D eigenvalue weighted by Gasteiger charge is 2.11. The molecule has 7 nitrogen and oxygen atoms in total.